The summed E-state index contributed by atoms with van der Waals surface area (Å²) in [6, 6.07) is 2.07. The molecule has 1 aliphatic rings. The number of hydrogen-bond donors (Lipinski definition) is 1. The normalized spacial score (nSPS) is 16.9. The summed E-state index contributed by atoms with van der Waals surface area (Å²) in [5.74, 6) is 0.607. The highest BCUT2D eigenvalue weighted by atomic mass is 32.1. The van der Waals surface area contributed by atoms with Crippen molar-refractivity contribution in [2.75, 3.05) is 13.7 Å². The molecule has 0 aliphatic heterocycles. The zero-order chi connectivity index (χ0) is 15.9. The van der Waals surface area contributed by atoms with E-state index in [0.29, 0.717) is 13.0 Å². The first-order chi connectivity index (χ1) is 10.6. The van der Waals surface area contributed by atoms with Gasteiger partial charge >= 0.3 is 5.97 Å². The van der Waals surface area contributed by atoms with Crippen molar-refractivity contribution < 1.29 is 14.3 Å². The Bertz CT molecular complexity index is 524. The van der Waals surface area contributed by atoms with Crippen LogP contribution in [-0.2, 0) is 22.4 Å². The molecule has 22 heavy (non-hydrogen) atoms. The van der Waals surface area contributed by atoms with Crippen molar-refractivity contribution >= 4 is 23.2 Å². The molecule has 1 aromatic rings. The topological polar surface area (TPSA) is 55.4 Å². The van der Waals surface area contributed by atoms with Crippen LogP contribution in [0, 0.1) is 5.92 Å². The molecular formula is C17H25NO3S. The summed E-state index contributed by atoms with van der Waals surface area (Å²) in [4.78, 5) is 25.4. The Kier molecular flexibility index (Phi) is 6.43. The number of fused-ring (bicyclic) bond motifs is 1. The summed E-state index contributed by atoms with van der Waals surface area (Å²) < 4.78 is 4.59. The number of esters is 1. The fourth-order valence-corrected chi connectivity index (χ4v) is 3.90. The van der Waals surface area contributed by atoms with E-state index in [1.807, 2.05) is 0 Å². The summed E-state index contributed by atoms with van der Waals surface area (Å²) in [6.07, 6.45) is 6.54. The lowest BCUT2D eigenvalue weighted by Crippen LogP contribution is -2.23. The predicted octanol–water partition coefficient (Wildman–Crippen LogP) is 3.34. The minimum absolute atomic E-state index is 0.0417. The van der Waals surface area contributed by atoms with Crippen LogP contribution in [0.3, 0.4) is 0 Å². The molecule has 0 aromatic carbocycles. The van der Waals surface area contributed by atoms with E-state index in [1.165, 1.54) is 24.0 Å². The number of hydrogen-bond acceptors (Lipinski definition) is 4. The summed E-state index contributed by atoms with van der Waals surface area (Å²) in [5, 5.41) is 2.98. The van der Waals surface area contributed by atoms with E-state index in [9.17, 15) is 9.59 Å². The quantitative estimate of drug-likeness (QED) is 0.618. The molecule has 0 saturated heterocycles. The van der Waals surface area contributed by atoms with Crippen LogP contribution >= 0.6 is 11.3 Å². The molecule has 1 atom stereocenters. The largest absolute Gasteiger partial charge is 0.469 e. The van der Waals surface area contributed by atoms with Crippen LogP contribution in [-0.4, -0.2) is 25.5 Å². The van der Waals surface area contributed by atoms with E-state index in [4.69, 9.17) is 0 Å². The molecule has 1 heterocycles. The summed E-state index contributed by atoms with van der Waals surface area (Å²) in [5.41, 5.74) is 1.37. The summed E-state index contributed by atoms with van der Waals surface area (Å²) in [6.45, 7) is 2.94. The second kappa shape index (κ2) is 8.32. The number of carbonyl (C=O) groups is 2. The SMILES string of the molecule is COC(=O)CCCCCNC(=O)c1cc2c(s1)CCC(C)C2. The number of unbranched alkanes of at least 4 members (excludes halogenated alkanes) is 2. The molecule has 0 radical (unpaired) electrons. The average molecular weight is 323 g/mol. The minimum Gasteiger partial charge on any atom is -0.469 e. The molecule has 5 heteroatoms. The Labute approximate surface area is 136 Å². The van der Waals surface area contributed by atoms with Crippen LogP contribution in [0.1, 0.15) is 59.1 Å². The first-order valence-corrected chi connectivity index (χ1v) is 8.88. The molecule has 0 spiro atoms. The molecule has 0 fully saturated rings. The number of methoxy groups -OCH3 is 1. The van der Waals surface area contributed by atoms with Gasteiger partial charge in [-0.25, -0.2) is 0 Å². The van der Waals surface area contributed by atoms with Gasteiger partial charge in [-0.05, 0) is 49.7 Å². The fraction of sp³-hybridized carbons (Fsp3) is 0.647. The van der Waals surface area contributed by atoms with Crippen LogP contribution in [0.4, 0.5) is 0 Å². The summed E-state index contributed by atoms with van der Waals surface area (Å²) in [7, 11) is 1.41. The summed E-state index contributed by atoms with van der Waals surface area (Å²) >= 11 is 1.65. The number of thiophene rings is 1. The highest BCUT2D eigenvalue weighted by molar-refractivity contribution is 7.14. The van der Waals surface area contributed by atoms with Gasteiger partial charge in [0.1, 0.15) is 0 Å². The highest BCUT2D eigenvalue weighted by Crippen LogP contribution is 2.32. The maximum absolute atomic E-state index is 12.2. The third-order valence-electron chi connectivity index (χ3n) is 4.12. The molecule has 1 aromatic heterocycles. The van der Waals surface area contributed by atoms with Gasteiger partial charge in [0.05, 0.1) is 12.0 Å². The monoisotopic (exact) mass is 323 g/mol. The number of nitrogens with one attached hydrogen (secondary N) is 1. The fourth-order valence-electron chi connectivity index (χ4n) is 2.78. The first-order valence-electron chi connectivity index (χ1n) is 8.06. The molecule has 0 saturated carbocycles. The van der Waals surface area contributed by atoms with E-state index in [2.05, 4.69) is 23.0 Å². The van der Waals surface area contributed by atoms with Crippen molar-refractivity contribution in [1.29, 1.82) is 0 Å². The Morgan fingerprint density at radius 2 is 2.18 bits per heavy atom. The lowest BCUT2D eigenvalue weighted by Gasteiger charge is -2.16. The van der Waals surface area contributed by atoms with Crippen molar-refractivity contribution in [2.24, 2.45) is 5.92 Å². The average Bonchev–Trinajstić information content (AvgIpc) is 2.93. The Hall–Kier alpha value is -1.36. The number of amides is 1. The van der Waals surface area contributed by atoms with Crippen molar-refractivity contribution in [2.45, 2.75) is 51.9 Å². The van der Waals surface area contributed by atoms with Gasteiger partial charge in [0, 0.05) is 17.8 Å². The van der Waals surface area contributed by atoms with Gasteiger partial charge in [-0.3, -0.25) is 9.59 Å². The van der Waals surface area contributed by atoms with Gasteiger partial charge < -0.3 is 10.1 Å². The maximum Gasteiger partial charge on any atom is 0.305 e. The van der Waals surface area contributed by atoms with Crippen molar-refractivity contribution in [3.8, 4) is 0 Å². The van der Waals surface area contributed by atoms with Crippen LogP contribution in [0.15, 0.2) is 6.07 Å². The second-order valence-electron chi connectivity index (χ2n) is 6.05. The van der Waals surface area contributed by atoms with Crippen molar-refractivity contribution in [3.63, 3.8) is 0 Å². The molecule has 1 N–H and O–H groups in total. The highest BCUT2D eigenvalue weighted by Gasteiger charge is 2.20. The minimum atomic E-state index is -0.164. The molecule has 1 aliphatic carbocycles. The van der Waals surface area contributed by atoms with Crippen LogP contribution < -0.4 is 5.32 Å². The van der Waals surface area contributed by atoms with Gasteiger partial charge in [-0.2, -0.15) is 0 Å². The molecular weight excluding hydrogens is 298 g/mol. The van der Waals surface area contributed by atoms with Gasteiger partial charge in [-0.1, -0.05) is 13.3 Å². The molecule has 1 amide bonds. The molecule has 122 valence electrons. The smallest absolute Gasteiger partial charge is 0.305 e. The molecule has 0 bridgehead atoms. The molecule has 2 rings (SSSR count). The van der Waals surface area contributed by atoms with Crippen molar-refractivity contribution in [3.05, 3.63) is 21.4 Å². The van der Waals surface area contributed by atoms with Crippen LogP contribution in [0.2, 0.25) is 0 Å². The van der Waals surface area contributed by atoms with Crippen LogP contribution in [0.25, 0.3) is 0 Å². The lowest BCUT2D eigenvalue weighted by molar-refractivity contribution is -0.140. The number of carbonyl (C=O) groups excluding carboxylic acids is 2. The second-order valence-corrected chi connectivity index (χ2v) is 7.19. The van der Waals surface area contributed by atoms with E-state index < -0.39 is 0 Å². The Balaban J connectivity index is 1.68. The van der Waals surface area contributed by atoms with E-state index >= 15 is 0 Å². The Morgan fingerprint density at radius 3 is 2.95 bits per heavy atom. The van der Waals surface area contributed by atoms with Gasteiger partial charge in [0.25, 0.3) is 5.91 Å². The van der Waals surface area contributed by atoms with E-state index in [-0.39, 0.29) is 11.9 Å². The van der Waals surface area contributed by atoms with Crippen molar-refractivity contribution in [1.82, 2.24) is 5.32 Å². The predicted molar refractivity (Wildman–Crippen MR) is 88.3 cm³/mol. The van der Waals surface area contributed by atoms with Crippen LogP contribution in [0.5, 0.6) is 0 Å². The van der Waals surface area contributed by atoms with Gasteiger partial charge in [0.15, 0.2) is 0 Å². The molecule has 1 unspecified atom stereocenters. The zero-order valence-electron chi connectivity index (χ0n) is 13.4. The van der Waals surface area contributed by atoms with E-state index in [0.717, 1.165) is 42.9 Å². The van der Waals surface area contributed by atoms with Gasteiger partial charge in [0.2, 0.25) is 0 Å². The van der Waals surface area contributed by atoms with E-state index in [1.54, 1.807) is 11.3 Å². The third kappa shape index (κ3) is 4.83. The number of ether oxygens (including phenoxy) is 1. The number of aryl methyl sites for hydroxylation is 1. The lowest BCUT2D eigenvalue weighted by atomic mass is 9.90. The van der Waals surface area contributed by atoms with Gasteiger partial charge in [-0.15, -0.1) is 11.3 Å². The number of rotatable bonds is 7. The Morgan fingerprint density at radius 1 is 1.36 bits per heavy atom. The molecule has 4 nitrogen and oxygen atoms in total. The first kappa shape index (κ1) is 17.0. The maximum atomic E-state index is 12.2. The standard InChI is InChI=1S/C17H25NO3S/c1-12-7-8-14-13(10-12)11-15(22-14)17(20)18-9-5-3-4-6-16(19)21-2/h11-12H,3-10H2,1-2H3,(H,18,20). The zero-order valence-corrected chi connectivity index (χ0v) is 14.3. The third-order valence-corrected chi connectivity index (χ3v) is 5.36.